The number of nitrogens with zero attached hydrogens (tertiary/aromatic N) is 1. The summed E-state index contributed by atoms with van der Waals surface area (Å²) < 4.78 is 0. The second-order valence-corrected chi connectivity index (χ2v) is 6.94. The lowest BCUT2D eigenvalue weighted by Gasteiger charge is -2.50. The molecule has 1 fully saturated rings. The fourth-order valence-corrected chi connectivity index (χ4v) is 3.69. The van der Waals surface area contributed by atoms with E-state index in [1.807, 2.05) is 12.1 Å². The smallest absolute Gasteiger partial charge is 0.0628 e. The Bertz CT molecular complexity index is 809. The molecule has 1 saturated heterocycles. The number of hydrogen-bond acceptors (Lipinski definition) is 1. The first-order valence-corrected chi connectivity index (χ1v) is 8.74. The molecule has 3 aromatic rings. The first-order valence-electron chi connectivity index (χ1n) is 8.36. The summed E-state index contributed by atoms with van der Waals surface area (Å²) in [6.45, 7) is 3.18. The normalized spacial score (nSPS) is 19.8. The molecule has 0 bridgehead atoms. The molecule has 0 aliphatic carbocycles. The van der Waals surface area contributed by atoms with E-state index in [2.05, 4.69) is 78.6 Å². The Hall–Kier alpha value is -2.25. The van der Waals surface area contributed by atoms with E-state index >= 15 is 0 Å². The van der Waals surface area contributed by atoms with Crippen LogP contribution >= 0.6 is 11.6 Å². The van der Waals surface area contributed by atoms with Gasteiger partial charge in [-0.25, -0.2) is 0 Å². The van der Waals surface area contributed by atoms with E-state index in [4.69, 9.17) is 11.6 Å². The second kappa shape index (κ2) is 6.33. The zero-order valence-electron chi connectivity index (χ0n) is 13.7. The van der Waals surface area contributed by atoms with Gasteiger partial charge < -0.3 is 4.90 Å². The molecule has 0 saturated carbocycles. The van der Waals surface area contributed by atoms with Gasteiger partial charge in [-0.2, -0.15) is 0 Å². The number of benzene rings is 3. The van der Waals surface area contributed by atoms with Crippen molar-refractivity contribution in [2.24, 2.45) is 0 Å². The van der Waals surface area contributed by atoms with Crippen LogP contribution in [0.5, 0.6) is 0 Å². The summed E-state index contributed by atoms with van der Waals surface area (Å²) in [6, 6.07) is 28.3. The van der Waals surface area contributed by atoms with Crippen LogP contribution in [0.15, 0.2) is 78.9 Å². The van der Waals surface area contributed by atoms with Gasteiger partial charge in [0.25, 0.3) is 0 Å². The van der Waals surface area contributed by atoms with Crippen LogP contribution in [0, 0.1) is 6.92 Å². The van der Waals surface area contributed by atoms with Crippen molar-refractivity contribution >= 4 is 17.3 Å². The Kier molecular flexibility index (Phi) is 4.03. The van der Waals surface area contributed by atoms with Crippen molar-refractivity contribution in [1.82, 2.24) is 0 Å². The first-order chi connectivity index (χ1) is 11.7. The molecule has 0 radical (unpaired) electrons. The number of para-hydroxylation sites is 1. The van der Waals surface area contributed by atoms with Gasteiger partial charge in [-0.1, -0.05) is 71.8 Å². The minimum absolute atomic E-state index is 0.354. The molecule has 2 unspecified atom stereocenters. The molecule has 2 heteroatoms. The lowest BCUT2D eigenvalue weighted by atomic mass is 9.78. The summed E-state index contributed by atoms with van der Waals surface area (Å²) in [5.41, 5.74) is 5.31. The standard InChI is InChI=1S/C22H20ClN/c1-16-7-9-17(10-8-16)21-15-24(20-5-3-2-4-6-20)22(21)18-11-13-19(23)14-12-18/h2-14,21-22H,15H2,1H3. The minimum atomic E-state index is 0.354. The Morgan fingerprint density at radius 1 is 0.792 bits per heavy atom. The summed E-state index contributed by atoms with van der Waals surface area (Å²) in [6.07, 6.45) is 0. The van der Waals surface area contributed by atoms with E-state index in [1.54, 1.807) is 0 Å². The molecule has 1 nitrogen and oxygen atoms in total. The monoisotopic (exact) mass is 333 g/mol. The fourth-order valence-electron chi connectivity index (χ4n) is 3.56. The summed E-state index contributed by atoms with van der Waals surface area (Å²) in [4.78, 5) is 2.48. The van der Waals surface area contributed by atoms with Crippen LogP contribution in [0.1, 0.15) is 28.7 Å². The van der Waals surface area contributed by atoms with Gasteiger partial charge in [0.15, 0.2) is 0 Å². The second-order valence-electron chi connectivity index (χ2n) is 6.50. The fraction of sp³-hybridized carbons (Fsp3) is 0.182. The Labute approximate surface area is 148 Å². The van der Waals surface area contributed by atoms with E-state index in [1.165, 1.54) is 22.4 Å². The lowest BCUT2D eigenvalue weighted by Crippen LogP contribution is -2.48. The molecular formula is C22H20ClN. The van der Waals surface area contributed by atoms with Gasteiger partial charge in [-0.05, 0) is 42.3 Å². The molecule has 1 heterocycles. The number of aryl methyl sites for hydroxylation is 1. The van der Waals surface area contributed by atoms with Crippen LogP contribution in [0.25, 0.3) is 0 Å². The van der Waals surface area contributed by atoms with Gasteiger partial charge in [-0.3, -0.25) is 0 Å². The minimum Gasteiger partial charge on any atom is -0.363 e. The molecule has 1 aliphatic heterocycles. The van der Waals surface area contributed by atoms with Crippen molar-refractivity contribution in [1.29, 1.82) is 0 Å². The lowest BCUT2D eigenvalue weighted by molar-refractivity contribution is 0.391. The van der Waals surface area contributed by atoms with E-state index in [-0.39, 0.29) is 0 Å². The van der Waals surface area contributed by atoms with Crippen molar-refractivity contribution in [3.63, 3.8) is 0 Å². The van der Waals surface area contributed by atoms with Crippen LogP contribution in [-0.2, 0) is 0 Å². The van der Waals surface area contributed by atoms with Gasteiger partial charge in [0.2, 0.25) is 0 Å². The van der Waals surface area contributed by atoms with E-state index in [9.17, 15) is 0 Å². The van der Waals surface area contributed by atoms with Gasteiger partial charge in [0.05, 0.1) is 6.04 Å². The largest absolute Gasteiger partial charge is 0.363 e. The summed E-state index contributed by atoms with van der Waals surface area (Å²) in [5.74, 6) is 0.506. The molecule has 4 rings (SSSR count). The van der Waals surface area contributed by atoms with Crippen molar-refractivity contribution in [2.75, 3.05) is 11.4 Å². The predicted molar refractivity (Wildman–Crippen MR) is 102 cm³/mol. The van der Waals surface area contributed by atoms with E-state index < -0.39 is 0 Å². The predicted octanol–water partition coefficient (Wildman–Crippen LogP) is 5.99. The van der Waals surface area contributed by atoms with Gasteiger partial charge >= 0.3 is 0 Å². The van der Waals surface area contributed by atoms with Gasteiger partial charge in [-0.15, -0.1) is 0 Å². The van der Waals surface area contributed by atoms with Crippen LogP contribution in [0.2, 0.25) is 5.02 Å². The molecule has 0 aromatic heterocycles. The van der Waals surface area contributed by atoms with Gasteiger partial charge in [0.1, 0.15) is 0 Å². The maximum absolute atomic E-state index is 6.09. The first kappa shape index (κ1) is 15.3. The maximum Gasteiger partial charge on any atom is 0.0628 e. The molecule has 3 aromatic carbocycles. The number of hydrogen-bond donors (Lipinski definition) is 0. The van der Waals surface area contributed by atoms with Crippen LogP contribution in [-0.4, -0.2) is 6.54 Å². The highest BCUT2D eigenvalue weighted by molar-refractivity contribution is 6.30. The van der Waals surface area contributed by atoms with Crippen LogP contribution in [0.4, 0.5) is 5.69 Å². The third-order valence-corrected chi connectivity index (χ3v) is 5.17. The molecule has 0 N–H and O–H groups in total. The number of anilines is 1. The molecule has 120 valence electrons. The van der Waals surface area contributed by atoms with E-state index in [0.29, 0.717) is 12.0 Å². The number of rotatable bonds is 3. The molecule has 1 aliphatic rings. The van der Waals surface area contributed by atoms with Gasteiger partial charge in [0, 0.05) is 23.2 Å². The molecule has 24 heavy (non-hydrogen) atoms. The van der Waals surface area contributed by atoms with Crippen molar-refractivity contribution in [3.8, 4) is 0 Å². The highest BCUT2D eigenvalue weighted by atomic mass is 35.5. The Morgan fingerprint density at radius 3 is 2.08 bits per heavy atom. The Morgan fingerprint density at radius 2 is 1.42 bits per heavy atom. The summed E-state index contributed by atoms with van der Waals surface area (Å²) >= 11 is 6.09. The van der Waals surface area contributed by atoms with Crippen molar-refractivity contribution < 1.29 is 0 Å². The molecule has 2 atom stereocenters. The van der Waals surface area contributed by atoms with Crippen LogP contribution < -0.4 is 4.90 Å². The quantitative estimate of drug-likeness (QED) is 0.568. The zero-order chi connectivity index (χ0) is 16.5. The van der Waals surface area contributed by atoms with Crippen LogP contribution in [0.3, 0.4) is 0 Å². The topological polar surface area (TPSA) is 3.24 Å². The zero-order valence-corrected chi connectivity index (χ0v) is 14.4. The average Bonchev–Trinajstić information content (AvgIpc) is 2.59. The highest BCUT2D eigenvalue weighted by Crippen LogP contribution is 2.47. The maximum atomic E-state index is 6.09. The van der Waals surface area contributed by atoms with Crippen molar-refractivity contribution in [2.45, 2.75) is 18.9 Å². The third kappa shape index (κ3) is 2.81. The molecule has 0 spiro atoms. The summed E-state index contributed by atoms with van der Waals surface area (Å²) in [7, 11) is 0. The van der Waals surface area contributed by atoms with E-state index in [0.717, 1.165) is 11.6 Å². The average molecular weight is 334 g/mol. The Balaban J connectivity index is 1.70. The molecular weight excluding hydrogens is 314 g/mol. The SMILES string of the molecule is Cc1ccc(C2CN(c3ccccc3)C2c2ccc(Cl)cc2)cc1. The highest BCUT2D eigenvalue weighted by Gasteiger charge is 2.40. The molecule has 0 amide bonds. The number of halogens is 1. The summed E-state index contributed by atoms with van der Waals surface area (Å²) in [5, 5.41) is 0.788. The van der Waals surface area contributed by atoms with Crippen molar-refractivity contribution in [3.05, 3.63) is 101 Å². The third-order valence-electron chi connectivity index (χ3n) is 4.92.